The van der Waals surface area contributed by atoms with Crippen LogP contribution in [0.25, 0.3) is 0 Å². The normalized spacial score (nSPS) is 12.7. The zero-order valence-electron chi connectivity index (χ0n) is 11.6. The fourth-order valence-corrected chi connectivity index (χ4v) is 3.27. The molecule has 2 heteroatoms. The van der Waals surface area contributed by atoms with Gasteiger partial charge in [-0.1, -0.05) is 36.8 Å². The van der Waals surface area contributed by atoms with E-state index in [-0.39, 0.29) is 0 Å². The second kappa shape index (κ2) is 5.68. The van der Waals surface area contributed by atoms with Crippen molar-refractivity contribution < 1.29 is 0 Å². The van der Waals surface area contributed by atoms with E-state index in [1.54, 1.807) is 0 Å². The summed E-state index contributed by atoms with van der Waals surface area (Å²) < 4.78 is 0. The molecule has 18 heavy (non-hydrogen) atoms. The summed E-state index contributed by atoms with van der Waals surface area (Å²) in [5, 5.41) is 3.60. The zero-order valence-corrected chi connectivity index (χ0v) is 12.4. The van der Waals surface area contributed by atoms with Crippen molar-refractivity contribution in [1.82, 2.24) is 5.32 Å². The Bertz CT molecular complexity index is 510. The van der Waals surface area contributed by atoms with Gasteiger partial charge in [-0.2, -0.15) is 0 Å². The molecule has 2 aromatic rings. The maximum atomic E-state index is 3.60. The van der Waals surface area contributed by atoms with E-state index in [1.165, 1.54) is 26.4 Å². The lowest BCUT2D eigenvalue weighted by atomic mass is 9.98. The number of hydrogen-bond donors (Lipinski definition) is 1. The average molecular weight is 259 g/mol. The summed E-state index contributed by atoms with van der Waals surface area (Å²) in [5.74, 6) is 0. The molecule has 1 unspecified atom stereocenters. The van der Waals surface area contributed by atoms with Gasteiger partial charge in [-0.15, -0.1) is 11.3 Å². The Balaban J connectivity index is 2.39. The lowest BCUT2D eigenvalue weighted by molar-refractivity contribution is 0.630. The maximum Gasteiger partial charge on any atom is 0.0587 e. The van der Waals surface area contributed by atoms with Crippen molar-refractivity contribution in [1.29, 1.82) is 0 Å². The van der Waals surface area contributed by atoms with Gasteiger partial charge in [-0.05, 0) is 44.5 Å². The molecular weight excluding hydrogens is 238 g/mol. The van der Waals surface area contributed by atoms with Crippen molar-refractivity contribution in [3.8, 4) is 0 Å². The first kappa shape index (κ1) is 13.3. The number of nitrogens with one attached hydrogen (secondary N) is 1. The van der Waals surface area contributed by atoms with E-state index in [4.69, 9.17) is 0 Å². The predicted molar refractivity (Wildman–Crippen MR) is 80.5 cm³/mol. The first-order chi connectivity index (χ1) is 8.61. The fraction of sp³-hybridized carbons (Fsp3) is 0.375. The van der Waals surface area contributed by atoms with Gasteiger partial charge in [0.05, 0.1) is 6.04 Å². The Morgan fingerprint density at radius 2 is 1.78 bits per heavy atom. The molecule has 0 spiro atoms. The average Bonchev–Trinajstić information content (AvgIpc) is 2.67. The number of hydrogen-bond acceptors (Lipinski definition) is 2. The van der Waals surface area contributed by atoms with Crippen molar-refractivity contribution in [2.24, 2.45) is 0 Å². The van der Waals surface area contributed by atoms with Crippen LogP contribution in [0.2, 0.25) is 0 Å². The van der Waals surface area contributed by atoms with Crippen molar-refractivity contribution in [3.63, 3.8) is 0 Å². The first-order valence-electron chi connectivity index (χ1n) is 6.48. The van der Waals surface area contributed by atoms with Gasteiger partial charge in [0.25, 0.3) is 0 Å². The highest BCUT2D eigenvalue weighted by Gasteiger charge is 2.16. The molecule has 0 aliphatic rings. The van der Waals surface area contributed by atoms with Crippen LogP contribution < -0.4 is 5.32 Å². The van der Waals surface area contributed by atoms with Gasteiger partial charge in [0.15, 0.2) is 0 Å². The maximum absolute atomic E-state index is 3.60. The van der Waals surface area contributed by atoms with Crippen LogP contribution in [-0.2, 0) is 0 Å². The van der Waals surface area contributed by atoms with E-state index in [2.05, 4.69) is 63.3 Å². The Kier molecular flexibility index (Phi) is 4.20. The molecule has 0 amide bonds. The second-order valence-electron chi connectivity index (χ2n) is 4.77. The summed E-state index contributed by atoms with van der Waals surface area (Å²) in [4.78, 5) is 2.80. The van der Waals surface area contributed by atoms with E-state index >= 15 is 0 Å². The zero-order chi connectivity index (χ0) is 13.1. The van der Waals surface area contributed by atoms with Gasteiger partial charge >= 0.3 is 0 Å². The summed E-state index contributed by atoms with van der Waals surface area (Å²) in [7, 11) is 0. The van der Waals surface area contributed by atoms with Crippen molar-refractivity contribution in [2.75, 3.05) is 6.54 Å². The van der Waals surface area contributed by atoms with Crippen LogP contribution >= 0.6 is 11.3 Å². The molecule has 1 nitrogen and oxygen atoms in total. The SMILES string of the molecule is CCNC(c1ccc(C)cc1)c1cc(C)sc1C. The third-order valence-electron chi connectivity index (χ3n) is 3.21. The molecule has 1 N–H and O–H groups in total. The summed E-state index contributed by atoms with van der Waals surface area (Å²) >= 11 is 1.88. The molecule has 1 heterocycles. The smallest absolute Gasteiger partial charge is 0.0587 e. The topological polar surface area (TPSA) is 12.0 Å². The van der Waals surface area contributed by atoms with Gasteiger partial charge in [0, 0.05) is 9.75 Å². The van der Waals surface area contributed by atoms with Gasteiger partial charge in [0.2, 0.25) is 0 Å². The van der Waals surface area contributed by atoms with Crippen LogP contribution in [0.5, 0.6) is 0 Å². The number of benzene rings is 1. The van der Waals surface area contributed by atoms with Crippen LogP contribution in [0.4, 0.5) is 0 Å². The number of thiophene rings is 1. The molecule has 0 aliphatic carbocycles. The lowest BCUT2D eigenvalue weighted by Crippen LogP contribution is -2.22. The highest BCUT2D eigenvalue weighted by Crippen LogP contribution is 2.30. The predicted octanol–water partition coefficient (Wildman–Crippen LogP) is 4.37. The Morgan fingerprint density at radius 3 is 2.28 bits per heavy atom. The minimum absolute atomic E-state index is 0.320. The monoisotopic (exact) mass is 259 g/mol. The molecule has 0 saturated heterocycles. The van der Waals surface area contributed by atoms with Crippen molar-refractivity contribution in [2.45, 2.75) is 33.7 Å². The summed E-state index contributed by atoms with van der Waals surface area (Å²) in [6.07, 6.45) is 0. The van der Waals surface area contributed by atoms with Crippen LogP contribution in [0.1, 0.15) is 39.4 Å². The second-order valence-corrected chi connectivity index (χ2v) is 6.23. The molecule has 0 saturated carbocycles. The van der Waals surface area contributed by atoms with Crippen molar-refractivity contribution >= 4 is 11.3 Å². The van der Waals surface area contributed by atoms with E-state index in [9.17, 15) is 0 Å². The molecule has 2 rings (SSSR count). The molecule has 1 aromatic heterocycles. The standard InChI is InChI=1S/C16H21NS/c1-5-17-16(14-8-6-11(2)7-9-14)15-10-12(3)18-13(15)4/h6-10,16-17H,5H2,1-4H3. The van der Waals surface area contributed by atoms with Gasteiger partial charge < -0.3 is 5.32 Å². The van der Waals surface area contributed by atoms with Crippen LogP contribution in [0.15, 0.2) is 30.3 Å². The lowest BCUT2D eigenvalue weighted by Gasteiger charge is -2.19. The van der Waals surface area contributed by atoms with Crippen molar-refractivity contribution in [3.05, 3.63) is 56.8 Å². The highest BCUT2D eigenvalue weighted by atomic mass is 32.1. The van der Waals surface area contributed by atoms with E-state index in [1.807, 2.05) is 11.3 Å². The van der Waals surface area contributed by atoms with Gasteiger partial charge in [0.1, 0.15) is 0 Å². The quantitative estimate of drug-likeness (QED) is 0.859. The molecule has 0 aliphatic heterocycles. The molecule has 1 aromatic carbocycles. The van der Waals surface area contributed by atoms with Crippen LogP contribution in [-0.4, -0.2) is 6.54 Å². The first-order valence-corrected chi connectivity index (χ1v) is 7.30. The van der Waals surface area contributed by atoms with Gasteiger partial charge in [-0.25, -0.2) is 0 Å². The summed E-state index contributed by atoms with van der Waals surface area (Å²) in [6.45, 7) is 9.67. The minimum Gasteiger partial charge on any atom is -0.306 e. The van der Waals surface area contributed by atoms with Crippen LogP contribution in [0, 0.1) is 20.8 Å². The third kappa shape index (κ3) is 2.82. The Labute approximate surface area is 114 Å². The van der Waals surface area contributed by atoms with Gasteiger partial charge in [-0.3, -0.25) is 0 Å². The highest BCUT2D eigenvalue weighted by molar-refractivity contribution is 7.12. The number of aryl methyl sites for hydroxylation is 3. The minimum atomic E-state index is 0.320. The summed E-state index contributed by atoms with van der Waals surface area (Å²) in [5.41, 5.74) is 4.08. The summed E-state index contributed by atoms with van der Waals surface area (Å²) in [6, 6.07) is 11.5. The Hall–Kier alpha value is -1.12. The third-order valence-corrected chi connectivity index (χ3v) is 4.19. The molecule has 0 radical (unpaired) electrons. The van der Waals surface area contributed by atoms with E-state index < -0.39 is 0 Å². The fourth-order valence-electron chi connectivity index (χ4n) is 2.31. The molecular formula is C16H21NS. The molecule has 1 atom stereocenters. The molecule has 0 bridgehead atoms. The molecule has 96 valence electrons. The Morgan fingerprint density at radius 1 is 1.11 bits per heavy atom. The van der Waals surface area contributed by atoms with Crippen LogP contribution in [0.3, 0.4) is 0 Å². The van der Waals surface area contributed by atoms with E-state index in [0.717, 1.165) is 6.54 Å². The molecule has 0 fully saturated rings. The largest absolute Gasteiger partial charge is 0.306 e. The number of rotatable bonds is 4. The van der Waals surface area contributed by atoms with E-state index in [0.29, 0.717) is 6.04 Å².